The highest BCUT2D eigenvalue weighted by Gasteiger charge is 2.33. The Morgan fingerprint density at radius 2 is 2.12 bits per heavy atom. The Hall–Kier alpha value is -2.25. The molecule has 0 saturated carbocycles. The van der Waals surface area contributed by atoms with Crippen LogP contribution < -0.4 is 5.32 Å². The number of thiazole rings is 1. The third-order valence-electron chi connectivity index (χ3n) is 4.25. The first kappa shape index (κ1) is 17.6. The summed E-state index contributed by atoms with van der Waals surface area (Å²) in [5, 5.41) is 13.8. The zero-order chi connectivity index (χ0) is 17.8. The van der Waals surface area contributed by atoms with E-state index >= 15 is 0 Å². The van der Waals surface area contributed by atoms with Crippen molar-refractivity contribution in [1.29, 1.82) is 0 Å². The zero-order valence-corrected chi connectivity index (χ0v) is 14.7. The third-order valence-corrected chi connectivity index (χ3v) is 5.10. The van der Waals surface area contributed by atoms with Gasteiger partial charge in [0.15, 0.2) is 5.69 Å². The van der Waals surface area contributed by atoms with Gasteiger partial charge in [-0.15, -0.1) is 11.3 Å². The van der Waals surface area contributed by atoms with Gasteiger partial charge in [0.2, 0.25) is 5.91 Å². The largest absolute Gasteiger partial charge is 0.476 e. The maximum Gasteiger partial charge on any atom is 0.355 e. The molecule has 6 nitrogen and oxygen atoms in total. The summed E-state index contributed by atoms with van der Waals surface area (Å²) in [7, 11) is 0. The van der Waals surface area contributed by atoms with Gasteiger partial charge in [0.25, 0.3) is 0 Å². The molecule has 3 rings (SSSR count). The lowest BCUT2D eigenvalue weighted by Crippen LogP contribution is -2.37. The molecule has 2 heterocycles. The van der Waals surface area contributed by atoms with Crippen molar-refractivity contribution in [2.45, 2.75) is 32.4 Å². The van der Waals surface area contributed by atoms with Gasteiger partial charge >= 0.3 is 5.97 Å². The van der Waals surface area contributed by atoms with Gasteiger partial charge < -0.3 is 15.2 Å². The molecule has 2 aromatic rings. The molecular formula is C18H20N2O4S. The third kappa shape index (κ3) is 4.24. The van der Waals surface area contributed by atoms with Crippen LogP contribution in [0.2, 0.25) is 0 Å². The van der Waals surface area contributed by atoms with E-state index in [4.69, 9.17) is 9.84 Å². The molecule has 1 aliphatic rings. The summed E-state index contributed by atoms with van der Waals surface area (Å²) < 4.78 is 5.87. The molecule has 0 spiro atoms. The van der Waals surface area contributed by atoms with Gasteiger partial charge in [-0.1, -0.05) is 29.8 Å². The summed E-state index contributed by atoms with van der Waals surface area (Å²) in [5.41, 5.74) is 2.18. The molecule has 2 N–H and O–H groups in total. The normalized spacial score (nSPS) is 20.2. The smallest absolute Gasteiger partial charge is 0.355 e. The average molecular weight is 360 g/mol. The van der Waals surface area contributed by atoms with Crippen LogP contribution in [-0.4, -0.2) is 28.6 Å². The minimum Gasteiger partial charge on any atom is -0.476 e. The highest BCUT2D eigenvalue weighted by Crippen LogP contribution is 2.34. The Kier molecular flexibility index (Phi) is 5.45. The second kappa shape index (κ2) is 7.76. The second-order valence-electron chi connectivity index (χ2n) is 6.10. The molecule has 0 bridgehead atoms. The molecule has 2 unspecified atom stereocenters. The molecule has 7 heteroatoms. The number of aryl methyl sites for hydroxylation is 1. The summed E-state index contributed by atoms with van der Waals surface area (Å²) in [6, 6.07) is 8.05. The van der Waals surface area contributed by atoms with E-state index in [9.17, 15) is 9.59 Å². The molecule has 132 valence electrons. The molecule has 1 saturated heterocycles. The van der Waals surface area contributed by atoms with E-state index in [2.05, 4.69) is 10.3 Å². The maximum absolute atomic E-state index is 12.6. The van der Waals surface area contributed by atoms with E-state index in [0.29, 0.717) is 11.6 Å². The number of nitrogens with zero attached hydrogens (tertiary/aromatic N) is 1. The predicted molar refractivity (Wildman–Crippen MR) is 93.5 cm³/mol. The van der Waals surface area contributed by atoms with Crippen molar-refractivity contribution in [3.8, 4) is 0 Å². The van der Waals surface area contributed by atoms with E-state index in [1.807, 2.05) is 31.2 Å². The van der Waals surface area contributed by atoms with Crippen LogP contribution in [0.25, 0.3) is 0 Å². The summed E-state index contributed by atoms with van der Waals surface area (Å²) >= 11 is 1.23. The topological polar surface area (TPSA) is 88.5 Å². The van der Waals surface area contributed by atoms with Gasteiger partial charge in [-0.25, -0.2) is 9.78 Å². The van der Waals surface area contributed by atoms with Crippen molar-refractivity contribution in [2.24, 2.45) is 5.92 Å². The number of hydrogen-bond donors (Lipinski definition) is 2. The van der Waals surface area contributed by atoms with Crippen molar-refractivity contribution in [3.63, 3.8) is 0 Å². The van der Waals surface area contributed by atoms with Crippen LogP contribution in [-0.2, 0) is 16.1 Å². The van der Waals surface area contributed by atoms with Crippen molar-refractivity contribution in [1.82, 2.24) is 10.3 Å². The number of aromatic nitrogens is 1. The number of hydrogen-bond acceptors (Lipinski definition) is 5. The van der Waals surface area contributed by atoms with Gasteiger partial charge in [-0.2, -0.15) is 0 Å². The van der Waals surface area contributed by atoms with Crippen LogP contribution in [0, 0.1) is 12.8 Å². The lowest BCUT2D eigenvalue weighted by molar-refractivity contribution is -0.134. The average Bonchev–Trinajstić information content (AvgIpc) is 3.10. The number of rotatable bonds is 5. The van der Waals surface area contributed by atoms with Crippen molar-refractivity contribution < 1.29 is 19.4 Å². The second-order valence-corrected chi connectivity index (χ2v) is 7.04. The fourth-order valence-corrected chi connectivity index (χ4v) is 3.63. The van der Waals surface area contributed by atoms with E-state index in [1.54, 1.807) is 0 Å². The number of benzene rings is 1. The number of amides is 1. The lowest BCUT2D eigenvalue weighted by Gasteiger charge is -2.31. The van der Waals surface area contributed by atoms with Gasteiger partial charge in [-0.3, -0.25) is 4.79 Å². The number of carboxylic acid groups (broad SMARTS) is 1. The molecule has 2 atom stereocenters. The summed E-state index contributed by atoms with van der Waals surface area (Å²) in [6.45, 7) is 2.90. The Balaban J connectivity index is 1.66. The van der Waals surface area contributed by atoms with Crippen LogP contribution in [0.1, 0.15) is 45.6 Å². The summed E-state index contributed by atoms with van der Waals surface area (Å²) in [5.74, 6) is -1.40. The van der Waals surface area contributed by atoms with Crippen LogP contribution in [0.3, 0.4) is 0 Å². The fraction of sp³-hybridized carbons (Fsp3) is 0.389. The lowest BCUT2D eigenvalue weighted by atomic mass is 9.88. The van der Waals surface area contributed by atoms with Gasteiger partial charge in [0, 0.05) is 12.0 Å². The number of aromatic carboxylic acids is 1. The number of carbonyl (C=O) groups is 2. The predicted octanol–water partition coefficient (Wildman–Crippen LogP) is 2.93. The highest BCUT2D eigenvalue weighted by molar-refractivity contribution is 7.09. The molecule has 0 aliphatic carbocycles. The van der Waals surface area contributed by atoms with Crippen molar-refractivity contribution in [2.75, 3.05) is 6.61 Å². The molecule has 1 amide bonds. The number of carboxylic acids is 1. The Morgan fingerprint density at radius 3 is 2.80 bits per heavy atom. The quantitative estimate of drug-likeness (QED) is 0.856. The zero-order valence-electron chi connectivity index (χ0n) is 13.9. The van der Waals surface area contributed by atoms with Crippen LogP contribution >= 0.6 is 11.3 Å². The van der Waals surface area contributed by atoms with Crippen molar-refractivity contribution >= 4 is 23.2 Å². The minimum atomic E-state index is -1.06. The maximum atomic E-state index is 12.6. The molecule has 1 aliphatic heterocycles. The first-order chi connectivity index (χ1) is 12.0. The van der Waals surface area contributed by atoms with E-state index in [1.165, 1.54) is 22.3 Å². The Morgan fingerprint density at radius 1 is 1.36 bits per heavy atom. The Bertz CT molecular complexity index is 757. The van der Waals surface area contributed by atoms with Crippen LogP contribution in [0.4, 0.5) is 0 Å². The summed E-state index contributed by atoms with van der Waals surface area (Å²) in [6.07, 6.45) is 1.36. The Labute approximate surface area is 149 Å². The number of carbonyl (C=O) groups excluding carboxylic acids is 1. The fourth-order valence-electron chi connectivity index (χ4n) is 2.92. The number of ether oxygens (including phenoxy) is 1. The molecular weight excluding hydrogens is 340 g/mol. The van der Waals surface area contributed by atoms with Gasteiger partial charge in [0.05, 0.1) is 18.6 Å². The van der Waals surface area contributed by atoms with Gasteiger partial charge in [-0.05, 0) is 25.3 Å². The molecule has 1 aromatic carbocycles. The first-order valence-corrected chi connectivity index (χ1v) is 9.06. The molecule has 1 fully saturated rings. The summed E-state index contributed by atoms with van der Waals surface area (Å²) in [4.78, 5) is 27.5. The molecule has 25 heavy (non-hydrogen) atoms. The molecule has 1 aromatic heterocycles. The monoisotopic (exact) mass is 360 g/mol. The van der Waals surface area contributed by atoms with E-state index in [0.717, 1.165) is 18.4 Å². The van der Waals surface area contributed by atoms with Crippen LogP contribution in [0.5, 0.6) is 0 Å². The van der Waals surface area contributed by atoms with E-state index in [-0.39, 0.29) is 30.2 Å². The molecule has 0 radical (unpaired) electrons. The minimum absolute atomic E-state index is 0.00720. The van der Waals surface area contributed by atoms with Crippen molar-refractivity contribution in [3.05, 3.63) is 51.5 Å². The standard InChI is InChI=1S/C18H20N2O4S/c1-11-4-6-12(7-5-11)16-13(3-2-8-24-16)17(21)19-9-15-20-14(10-25-15)18(22)23/h4-7,10,13,16H,2-3,8-9H2,1H3,(H,19,21)(H,22,23). The van der Waals surface area contributed by atoms with Gasteiger partial charge in [0.1, 0.15) is 5.01 Å². The SMILES string of the molecule is Cc1ccc(C2OCCCC2C(=O)NCc2nc(C(=O)O)cs2)cc1. The van der Waals surface area contributed by atoms with E-state index < -0.39 is 5.97 Å². The first-order valence-electron chi connectivity index (χ1n) is 8.18. The number of nitrogens with one attached hydrogen (secondary N) is 1. The van der Waals surface area contributed by atoms with Crippen LogP contribution in [0.15, 0.2) is 29.6 Å². The highest BCUT2D eigenvalue weighted by atomic mass is 32.1.